The second-order valence-corrected chi connectivity index (χ2v) is 7.24. The van der Waals surface area contributed by atoms with Gasteiger partial charge in [0.25, 0.3) is 5.56 Å². The Morgan fingerprint density at radius 2 is 1.92 bits per heavy atom. The highest BCUT2D eigenvalue weighted by Crippen LogP contribution is 2.24. The lowest BCUT2D eigenvalue weighted by Crippen LogP contribution is -2.30. The van der Waals surface area contributed by atoms with Gasteiger partial charge in [-0.05, 0) is 31.2 Å². The zero-order chi connectivity index (χ0) is 17.3. The van der Waals surface area contributed by atoms with Gasteiger partial charge < -0.3 is 10.1 Å². The monoisotopic (exact) mass is 345 g/mol. The van der Waals surface area contributed by atoms with Gasteiger partial charge in [-0.1, -0.05) is 32.1 Å². The zero-order valence-electron chi connectivity index (χ0n) is 14.0. The van der Waals surface area contributed by atoms with Crippen molar-refractivity contribution in [2.75, 3.05) is 11.9 Å². The Morgan fingerprint density at radius 3 is 2.54 bits per heavy atom. The fourth-order valence-corrected chi connectivity index (χ4v) is 2.92. The number of hydrogen-bond acceptors (Lipinski definition) is 7. The number of nitrogens with one attached hydrogen (secondary N) is 1. The SMILES string of the molecule is CCOc1ccc(Nc2nn3c(=O)c(C(C)(C)C)nnc3s2)cc1. The highest BCUT2D eigenvalue weighted by Gasteiger charge is 2.23. The van der Waals surface area contributed by atoms with E-state index in [9.17, 15) is 4.79 Å². The summed E-state index contributed by atoms with van der Waals surface area (Å²) in [5, 5.41) is 16.3. The Balaban J connectivity index is 1.91. The molecule has 0 saturated carbocycles. The van der Waals surface area contributed by atoms with Crippen LogP contribution in [0, 0.1) is 0 Å². The number of aromatic nitrogens is 4. The molecular weight excluding hydrogens is 326 g/mol. The van der Waals surface area contributed by atoms with Crippen LogP contribution in [0.2, 0.25) is 0 Å². The predicted octanol–water partition coefficient (Wildman–Crippen LogP) is 2.99. The molecule has 7 nitrogen and oxygen atoms in total. The first-order valence-electron chi connectivity index (χ1n) is 7.65. The molecule has 0 fully saturated rings. The zero-order valence-corrected chi connectivity index (χ0v) is 14.8. The molecular formula is C16H19N5O2S. The molecule has 0 atom stereocenters. The van der Waals surface area contributed by atoms with Crippen LogP contribution in [0.5, 0.6) is 5.75 Å². The number of nitrogens with zero attached hydrogens (tertiary/aromatic N) is 4. The maximum Gasteiger partial charge on any atom is 0.297 e. The summed E-state index contributed by atoms with van der Waals surface area (Å²) in [6, 6.07) is 7.55. The summed E-state index contributed by atoms with van der Waals surface area (Å²) in [7, 11) is 0. The molecule has 2 aromatic heterocycles. The fraction of sp³-hybridized carbons (Fsp3) is 0.375. The summed E-state index contributed by atoms with van der Waals surface area (Å²) < 4.78 is 6.72. The van der Waals surface area contributed by atoms with Crippen molar-refractivity contribution in [2.45, 2.75) is 33.1 Å². The lowest BCUT2D eigenvalue weighted by Gasteiger charge is -2.14. The van der Waals surface area contributed by atoms with E-state index in [4.69, 9.17) is 4.74 Å². The molecule has 8 heteroatoms. The largest absolute Gasteiger partial charge is 0.494 e. The molecule has 24 heavy (non-hydrogen) atoms. The Bertz CT molecular complexity index is 909. The third-order valence-electron chi connectivity index (χ3n) is 3.32. The smallest absolute Gasteiger partial charge is 0.297 e. The molecule has 126 valence electrons. The van der Waals surface area contributed by atoms with Gasteiger partial charge in [0.15, 0.2) is 0 Å². The highest BCUT2D eigenvalue weighted by molar-refractivity contribution is 7.20. The van der Waals surface area contributed by atoms with Crippen LogP contribution in [0.1, 0.15) is 33.4 Å². The molecule has 0 radical (unpaired) electrons. The van der Waals surface area contributed by atoms with Gasteiger partial charge in [-0.2, -0.15) is 4.52 Å². The molecule has 0 aliphatic rings. The van der Waals surface area contributed by atoms with E-state index in [0.29, 0.717) is 22.4 Å². The molecule has 0 amide bonds. The molecule has 1 aromatic carbocycles. The van der Waals surface area contributed by atoms with E-state index < -0.39 is 0 Å². The van der Waals surface area contributed by atoms with Crippen LogP contribution >= 0.6 is 11.3 Å². The first-order chi connectivity index (χ1) is 11.4. The number of rotatable bonds is 4. The van der Waals surface area contributed by atoms with Gasteiger partial charge in [0.2, 0.25) is 10.1 Å². The van der Waals surface area contributed by atoms with Crippen LogP contribution in [0.25, 0.3) is 4.96 Å². The molecule has 0 spiro atoms. The lowest BCUT2D eigenvalue weighted by molar-refractivity contribution is 0.340. The third-order valence-corrected chi connectivity index (χ3v) is 4.13. The van der Waals surface area contributed by atoms with Crippen molar-refractivity contribution in [3.05, 3.63) is 40.3 Å². The topological polar surface area (TPSA) is 81.4 Å². The molecule has 3 rings (SSSR count). The van der Waals surface area contributed by atoms with Crippen molar-refractivity contribution < 1.29 is 4.74 Å². The highest BCUT2D eigenvalue weighted by atomic mass is 32.1. The van der Waals surface area contributed by atoms with Crippen molar-refractivity contribution in [2.24, 2.45) is 0 Å². The van der Waals surface area contributed by atoms with Crippen molar-refractivity contribution in [3.8, 4) is 5.75 Å². The van der Waals surface area contributed by atoms with Crippen LogP contribution in [0.15, 0.2) is 29.1 Å². The predicted molar refractivity (Wildman–Crippen MR) is 94.5 cm³/mol. The normalized spacial score (nSPS) is 11.7. The molecule has 3 aromatic rings. The van der Waals surface area contributed by atoms with Crippen molar-refractivity contribution >= 4 is 27.1 Å². The maximum atomic E-state index is 12.5. The Kier molecular flexibility index (Phi) is 4.23. The lowest BCUT2D eigenvalue weighted by atomic mass is 9.93. The van der Waals surface area contributed by atoms with Crippen LogP contribution in [0.3, 0.4) is 0 Å². The third kappa shape index (κ3) is 3.23. The van der Waals surface area contributed by atoms with Gasteiger partial charge in [-0.25, -0.2) is 0 Å². The first-order valence-corrected chi connectivity index (χ1v) is 8.47. The van der Waals surface area contributed by atoms with Gasteiger partial charge >= 0.3 is 0 Å². The number of fused-ring (bicyclic) bond motifs is 1. The maximum absolute atomic E-state index is 12.5. The van der Waals surface area contributed by atoms with Crippen molar-refractivity contribution in [1.82, 2.24) is 19.8 Å². The van der Waals surface area contributed by atoms with E-state index in [1.54, 1.807) is 0 Å². The Labute approximate surface area is 143 Å². The second kappa shape index (κ2) is 6.20. The fourth-order valence-electron chi connectivity index (χ4n) is 2.16. The van der Waals surface area contributed by atoms with E-state index in [1.807, 2.05) is 52.0 Å². The van der Waals surface area contributed by atoms with E-state index in [1.165, 1.54) is 15.9 Å². The minimum Gasteiger partial charge on any atom is -0.494 e. The quantitative estimate of drug-likeness (QED) is 0.783. The van der Waals surface area contributed by atoms with Gasteiger partial charge in [-0.15, -0.1) is 15.3 Å². The average molecular weight is 345 g/mol. The summed E-state index contributed by atoms with van der Waals surface area (Å²) >= 11 is 1.28. The molecule has 0 bridgehead atoms. The summed E-state index contributed by atoms with van der Waals surface area (Å²) in [4.78, 5) is 13.0. The van der Waals surface area contributed by atoms with Gasteiger partial charge in [0.05, 0.1) is 6.61 Å². The average Bonchev–Trinajstić information content (AvgIpc) is 2.92. The Hall–Kier alpha value is -2.48. The van der Waals surface area contributed by atoms with Crippen molar-refractivity contribution in [1.29, 1.82) is 0 Å². The molecule has 1 N–H and O–H groups in total. The summed E-state index contributed by atoms with van der Waals surface area (Å²) in [5.41, 5.74) is 0.647. The minimum atomic E-state index is -0.377. The number of ether oxygens (including phenoxy) is 1. The van der Waals surface area contributed by atoms with Crippen LogP contribution in [0.4, 0.5) is 10.8 Å². The summed E-state index contributed by atoms with van der Waals surface area (Å²) in [6.45, 7) is 8.35. The minimum absolute atomic E-state index is 0.233. The van der Waals surface area contributed by atoms with E-state index in [0.717, 1.165) is 11.4 Å². The summed E-state index contributed by atoms with van der Waals surface area (Å²) in [5.74, 6) is 0.809. The number of anilines is 2. The molecule has 0 saturated heterocycles. The van der Waals surface area contributed by atoms with Crippen LogP contribution in [-0.4, -0.2) is 26.4 Å². The molecule has 0 aliphatic heterocycles. The van der Waals surface area contributed by atoms with E-state index >= 15 is 0 Å². The van der Waals surface area contributed by atoms with Crippen molar-refractivity contribution in [3.63, 3.8) is 0 Å². The summed E-state index contributed by atoms with van der Waals surface area (Å²) in [6.07, 6.45) is 0. The second-order valence-electron chi connectivity index (χ2n) is 6.29. The number of hydrogen-bond donors (Lipinski definition) is 1. The van der Waals surface area contributed by atoms with Crippen LogP contribution in [-0.2, 0) is 5.41 Å². The van der Waals surface area contributed by atoms with Crippen LogP contribution < -0.4 is 15.6 Å². The van der Waals surface area contributed by atoms with E-state index in [-0.39, 0.29) is 11.0 Å². The molecule has 0 unspecified atom stereocenters. The molecule has 0 aliphatic carbocycles. The first kappa shape index (κ1) is 16.4. The Morgan fingerprint density at radius 1 is 1.21 bits per heavy atom. The van der Waals surface area contributed by atoms with Gasteiger partial charge in [0.1, 0.15) is 11.4 Å². The standard InChI is InChI=1S/C16H19N5O2S/c1-5-23-11-8-6-10(7-9-11)17-14-20-21-13(22)12(16(2,3)4)18-19-15(21)24-14/h6-9H,5H2,1-4H3,(H,17,20). The molecule has 2 heterocycles. The van der Waals surface area contributed by atoms with Gasteiger partial charge in [-0.3, -0.25) is 4.79 Å². The van der Waals surface area contributed by atoms with Gasteiger partial charge in [0, 0.05) is 11.1 Å². The van der Waals surface area contributed by atoms with E-state index in [2.05, 4.69) is 20.6 Å². The number of benzene rings is 1.